The van der Waals surface area contributed by atoms with Gasteiger partial charge in [-0.15, -0.1) is 0 Å². The lowest BCUT2D eigenvalue weighted by atomic mass is 10.1. The third-order valence-electron chi connectivity index (χ3n) is 3.10. The Balaban J connectivity index is 3.09. The van der Waals surface area contributed by atoms with Crippen LogP contribution in [-0.4, -0.2) is 41.4 Å². The van der Waals surface area contributed by atoms with E-state index < -0.39 is 53.0 Å². The summed E-state index contributed by atoms with van der Waals surface area (Å²) >= 11 is 0. The van der Waals surface area contributed by atoms with Crippen LogP contribution in [0.1, 0.15) is 29.9 Å². The molecule has 0 saturated heterocycles. The quantitative estimate of drug-likeness (QED) is 0.699. The van der Waals surface area contributed by atoms with Crippen molar-refractivity contribution in [2.45, 2.75) is 31.5 Å². The molecule has 1 unspecified atom stereocenters. The molecule has 6 nitrogen and oxygen atoms in total. The number of aromatic nitrogens is 1. The second-order valence-corrected chi connectivity index (χ2v) is 5.33. The number of alkyl halides is 5. The molecule has 11 heteroatoms. The largest absolute Gasteiger partial charge is 0.481 e. The molecule has 0 saturated carbocycles. The summed E-state index contributed by atoms with van der Waals surface area (Å²) in [5.74, 6) is -5.13. The van der Waals surface area contributed by atoms with Gasteiger partial charge < -0.3 is 20.9 Å². The molecular formula is C13H16F5N3O3. The number of anilines is 1. The fourth-order valence-corrected chi connectivity index (χ4v) is 1.60. The first-order valence-electron chi connectivity index (χ1n) is 6.51. The number of nitrogens with two attached hydrogens (primary N) is 1. The van der Waals surface area contributed by atoms with Gasteiger partial charge in [0.2, 0.25) is 5.88 Å². The van der Waals surface area contributed by atoms with E-state index in [9.17, 15) is 31.9 Å². The van der Waals surface area contributed by atoms with Crippen LogP contribution in [0.4, 0.5) is 27.6 Å². The van der Waals surface area contributed by atoms with Crippen LogP contribution in [0, 0.1) is 0 Å². The van der Waals surface area contributed by atoms with Crippen LogP contribution in [0.25, 0.3) is 0 Å². The van der Waals surface area contributed by atoms with Crippen LogP contribution in [0.2, 0.25) is 0 Å². The van der Waals surface area contributed by atoms with Gasteiger partial charge in [-0.05, 0) is 13.0 Å². The lowest BCUT2D eigenvalue weighted by molar-refractivity contribution is -0.249. The van der Waals surface area contributed by atoms with Gasteiger partial charge in [-0.3, -0.25) is 4.79 Å². The van der Waals surface area contributed by atoms with Gasteiger partial charge in [0.1, 0.15) is 0 Å². The lowest BCUT2D eigenvalue weighted by Crippen LogP contribution is -2.51. The normalized spacial score (nSPS) is 14.9. The number of nitrogen functional groups attached to an aromatic ring is 1. The average molecular weight is 357 g/mol. The number of methoxy groups -OCH3 is 1. The number of ether oxygens (including phenoxy) is 1. The predicted molar refractivity (Wildman–Crippen MR) is 73.8 cm³/mol. The van der Waals surface area contributed by atoms with E-state index in [0.29, 0.717) is 13.8 Å². The van der Waals surface area contributed by atoms with Crippen molar-refractivity contribution in [3.05, 3.63) is 17.3 Å². The van der Waals surface area contributed by atoms with E-state index in [-0.39, 0.29) is 0 Å². The minimum absolute atomic E-state index is 0.464. The first-order valence-corrected chi connectivity index (χ1v) is 6.51. The summed E-state index contributed by atoms with van der Waals surface area (Å²) in [4.78, 5) is 15.4. The molecule has 1 rings (SSSR count). The number of carbonyl (C=O) groups excluding carboxylic acids is 1. The molecule has 136 valence electrons. The molecule has 4 N–H and O–H groups in total. The molecule has 1 heterocycles. The van der Waals surface area contributed by atoms with Crippen molar-refractivity contribution in [2.75, 3.05) is 19.4 Å². The van der Waals surface area contributed by atoms with Gasteiger partial charge in [0.05, 0.1) is 24.9 Å². The number of nitrogens with one attached hydrogen (secondary N) is 1. The third-order valence-corrected chi connectivity index (χ3v) is 3.10. The number of amides is 1. The average Bonchev–Trinajstić information content (AvgIpc) is 2.42. The fourth-order valence-electron chi connectivity index (χ4n) is 1.60. The zero-order valence-corrected chi connectivity index (χ0v) is 13.0. The molecule has 0 aromatic carbocycles. The number of hydrogen-bond acceptors (Lipinski definition) is 5. The molecule has 0 radical (unpaired) electrons. The Morgan fingerprint density at radius 2 is 1.88 bits per heavy atom. The molecule has 0 fully saturated rings. The van der Waals surface area contributed by atoms with E-state index in [4.69, 9.17) is 5.73 Å². The summed E-state index contributed by atoms with van der Waals surface area (Å²) in [6.07, 6.45) is -4.98. The molecule has 0 aliphatic rings. The van der Waals surface area contributed by atoms with Crippen molar-refractivity contribution in [3.63, 3.8) is 0 Å². The van der Waals surface area contributed by atoms with Gasteiger partial charge >= 0.3 is 6.18 Å². The van der Waals surface area contributed by atoms with Gasteiger partial charge in [-0.2, -0.15) is 13.2 Å². The zero-order valence-electron chi connectivity index (χ0n) is 13.0. The molecule has 0 bridgehead atoms. The summed E-state index contributed by atoms with van der Waals surface area (Å²) in [5.41, 5.74) is 0.534. The van der Waals surface area contributed by atoms with Crippen LogP contribution in [-0.2, 0) is 5.92 Å². The second kappa shape index (κ2) is 6.38. The summed E-state index contributed by atoms with van der Waals surface area (Å²) in [5, 5.41) is 11.1. The molecule has 1 atom stereocenters. The maximum atomic E-state index is 13.4. The number of pyridine rings is 1. The standard InChI is InChI=1S/C13H16F5N3O3/c1-11(23,13(16,17)18)5-20-9(22)8-7(19)4-6(12(2,14)15)10(21-8)24-3/h4,23H,5,19H2,1-3H3,(H,20,22). The molecule has 0 aliphatic heterocycles. The highest BCUT2D eigenvalue weighted by Crippen LogP contribution is 2.35. The van der Waals surface area contributed by atoms with Crippen LogP contribution in [0.15, 0.2) is 6.07 Å². The van der Waals surface area contributed by atoms with Crippen LogP contribution in [0.3, 0.4) is 0 Å². The number of aliphatic hydroxyl groups is 1. The first-order chi connectivity index (χ1) is 10.7. The maximum absolute atomic E-state index is 13.4. The molecule has 0 spiro atoms. The summed E-state index contributed by atoms with van der Waals surface area (Å²) in [7, 11) is 1.03. The van der Waals surface area contributed by atoms with Crippen LogP contribution < -0.4 is 15.8 Å². The Labute approximate surface area is 133 Å². The van der Waals surface area contributed by atoms with E-state index in [1.807, 2.05) is 0 Å². The second-order valence-electron chi connectivity index (χ2n) is 5.33. The van der Waals surface area contributed by atoms with Gasteiger partial charge in [0.15, 0.2) is 11.3 Å². The van der Waals surface area contributed by atoms with Crippen molar-refractivity contribution in [1.82, 2.24) is 10.3 Å². The molecular weight excluding hydrogens is 341 g/mol. The van der Waals surface area contributed by atoms with E-state index in [0.717, 1.165) is 13.2 Å². The molecule has 1 amide bonds. The van der Waals surface area contributed by atoms with Crippen molar-refractivity contribution in [1.29, 1.82) is 0 Å². The van der Waals surface area contributed by atoms with Crippen molar-refractivity contribution in [2.24, 2.45) is 0 Å². The molecule has 24 heavy (non-hydrogen) atoms. The Hall–Kier alpha value is -2.17. The molecule has 0 aliphatic carbocycles. The molecule has 1 aromatic heterocycles. The number of carbonyl (C=O) groups is 1. The summed E-state index contributed by atoms with van der Waals surface area (Å²) in [6, 6.07) is 0.753. The van der Waals surface area contributed by atoms with Crippen molar-refractivity contribution < 1.29 is 36.6 Å². The highest BCUT2D eigenvalue weighted by Gasteiger charge is 2.50. The minimum Gasteiger partial charge on any atom is -0.481 e. The highest BCUT2D eigenvalue weighted by atomic mass is 19.4. The Morgan fingerprint density at radius 3 is 2.29 bits per heavy atom. The monoisotopic (exact) mass is 357 g/mol. The SMILES string of the molecule is COc1nc(C(=O)NCC(C)(O)C(F)(F)F)c(N)cc1C(C)(F)F. The van der Waals surface area contributed by atoms with Gasteiger partial charge in [0.25, 0.3) is 11.8 Å². The summed E-state index contributed by atoms with van der Waals surface area (Å²) in [6.45, 7) is -0.151. The van der Waals surface area contributed by atoms with Crippen molar-refractivity contribution >= 4 is 11.6 Å². The highest BCUT2D eigenvalue weighted by molar-refractivity contribution is 5.97. The predicted octanol–water partition coefficient (Wildman–Crippen LogP) is 1.83. The van der Waals surface area contributed by atoms with E-state index >= 15 is 0 Å². The number of halogens is 5. The number of nitrogens with zero attached hydrogens (tertiary/aromatic N) is 1. The van der Waals surface area contributed by atoms with E-state index in [2.05, 4.69) is 9.72 Å². The van der Waals surface area contributed by atoms with Crippen LogP contribution >= 0.6 is 0 Å². The Morgan fingerprint density at radius 1 is 1.33 bits per heavy atom. The van der Waals surface area contributed by atoms with Crippen molar-refractivity contribution in [3.8, 4) is 5.88 Å². The lowest BCUT2D eigenvalue weighted by Gasteiger charge is -2.26. The molecule has 1 aromatic rings. The fraction of sp³-hybridized carbons (Fsp3) is 0.538. The Kier molecular flexibility index (Phi) is 5.28. The number of rotatable bonds is 5. The van der Waals surface area contributed by atoms with E-state index in [1.54, 1.807) is 5.32 Å². The van der Waals surface area contributed by atoms with Gasteiger partial charge in [-0.25, -0.2) is 13.8 Å². The van der Waals surface area contributed by atoms with Gasteiger partial charge in [-0.1, -0.05) is 0 Å². The first kappa shape index (κ1) is 19.9. The van der Waals surface area contributed by atoms with Crippen LogP contribution in [0.5, 0.6) is 5.88 Å². The smallest absolute Gasteiger partial charge is 0.418 e. The minimum atomic E-state index is -4.98. The van der Waals surface area contributed by atoms with E-state index in [1.165, 1.54) is 0 Å². The zero-order chi connectivity index (χ0) is 18.9. The van der Waals surface area contributed by atoms with Gasteiger partial charge in [0, 0.05) is 6.92 Å². The topological polar surface area (TPSA) is 97.5 Å². The summed E-state index contributed by atoms with van der Waals surface area (Å²) < 4.78 is 69.1. The maximum Gasteiger partial charge on any atom is 0.418 e. The third kappa shape index (κ3) is 4.22. The number of hydrogen-bond donors (Lipinski definition) is 3. The Bertz CT molecular complexity index is 627.